The van der Waals surface area contributed by atoms with E-state index in [-0.39, 0.29) is 11.7 Å². The highest BCUT2D eigenvalue weighted by Gasteiger charge is 2.25. The van der Waals surface area contributed by atoms with Crippen LogP contribution in [0.15, 0.2) is 42.5 Å². The van der Waals surface area contributed by atoms with Gasteiger partial charge in [0, 0.05) is 11.9 Å². The van der Waals surface area contributed by atoms with Gasteiger partial charge >= 0.3 is 0 Å². The first-order valence-electron chi connectivity index (χ1n) is 8.51. The number of aromatic nitrogens is 1. The lowest BCUT2D eigenvalue weighted by molar-refractivity contribution is 0.0984. The number of nitrogens with zero attached hydrogens (tertiary/aromatic N) is 2. The summed E-state index contributed by atoms with van der Waals surface area (Å²) in [4.78, 5) is 19.5. The second-order valence-electron chi connectivity index (χ2n) is 6.65. The molecule has 2 aromatic carbocycles. The number of halogens is 1. The largest absolute Gasteiger partial charge is 0.308 e. The zero-order valence-electron chi connectivity index (χ0n) is 14.3. The molecule has 0 aliphatic carbocycles. The van der Waals surface area contributed by atoms with Crippen molar-refractivity contribution in [2.45, 2.75) is 26.7 Å². The fourth-order valence-corrected chi connectivity index (χ4v) is 3.51. The maximum absolute atomic E-state index is 13.7. The highest BCUT2D eigenvalue weighted by molar-refractivity contribution is 6.09. The quantitative estimate of drug-likeness (QED) is 0.652. The highest BCUT2D eigenvalue weighted by atomic mass is 19.1. The summed E-state index contributed by atoms with van der Waals surface area (Å²) >= 11 is 0. The predicted molar refractivity (Wildman–Crippen MR) is 97.6 cm³/mol. The van der Waals surface area contributed by atoms with Crippen LogP contribution in [-0.2, 0) is 6.42 Å². The third kappa shape index (κ3) is 2.78. The number of aryl methyl sites for hydroxylation is 3. The Morgan fingerprint density at radius 2 is 1.96 bits per heavy atom. The Balaban J connectivity index is 1.81. The third-order valence-electron chi connectivity index (χ3n) is 4.80. The average molecular weight is 334 g/mol. The summed E-state index contributed by atoms with van der Waals surface area (Å²) in [5.41, 5.74) is 4.98. The molecule has 126 valence electrons. The number of anilines is 1. The van der Waals surface area contributed by atoms with Crippen molar-refractivity contribution < 1.29 is 9.18 Å². The van der Waals surface area contributed by atoms with Crippen LogP contribution in [0.25, 0.3) is 10.9 Å². The second kappa shape index (κ2) is 5.96. The molecule has 0 N–H and O–H groups in total. The Labute approximate surface area is 146 Å². The maximum atomic E-state index is 13.7. The minimum absolute atomic E-state index is 0.111. The Kier molecular flexibility index (Phi) is 3.75. The first-order valence-corrected chi connectivity index (χ1v) is 8.51. The van der Waals surface area contributed by atoms with Crippen LogP contribution in [0, 0.1) is 19.7 Å². The maximum Gasteiger partial charge on any atom is 0.260 e. The summed E-state index contributed by atoms with van der Waals surface area (Å²) in [6, 6.07) is 12.6. The fraction of sp³-hybridized carbons (Fsp3) is 0.238. The molecule has 0 saturated heterocycles. The van der Waals surface area contributed by atoms with E-state index < -0.39 is 0 Å². The van der Waals surface area contributed by atoms with Crippen LogP contribution in [-0.4, -0.2) is 17.4 Å². The number of rotatable bonds is 1. The van der Waals surface area contributed by atoms with Gasteiger partial charge in [-0.15, -0.1) is 0 Å². The van der Waals surface area contributed by atoms with Crippen LogP contribution >= 0.6 is 0 Å². The second-order valence-corrected chi connectivity index (χ2v) is 6.65. The van der Waals surface area contributed by atoms with E-state index in [2.05, 4.69) is 4.98 Å². The minimum Gasteiger partial charge on any atom is -0.308 e. The normalized spacial score (nSPS) is 13.8. The van der Waals surface area contributed by atoms with Gasteiger partial charge in [-0.3, -0.25) is 9.78 Å². The van der Waals surface area contributed by atoms with Gasteiger partial charge in [0.15, 0.2) is 0 Å². The van der Waals surface area contributed by atoms with Gasteiger partial charge in [-0.2, -0.15) is 0 Å². The van der Waals surface area contributed by atoms with E-state index in [0.29, 0.717) is 23.5 Å². The van der Waals surface area contributed by atoms with E-state index in [4.69, 9.17) is 0 Å². The number of hydrogen-bond donors (Lipinski definition) is 0. The molecule has 0 bridgehead atoms. The number of fused-ring (bicyclic) bond motifs is 2. The molecule has 0 fully saturated rings. The number of carbonyl (C=O) groups is 1. The lowest BCUT2D eigenvalue weighted by Gasteiger charge is -2.30. The molecule has 25 heavy (non-hydrogen) atoms. The monoisotopic (exact) mass is 334 g/mol. The predicted octanol–water partition coefficient (Wildman–Crippen LogP) is 4.58. The van der Waals surface area contributed by atoms with Crippen molar-refractivity contribution >= 4 is 22.5 Å². The van der Waals surface area contributed by atoms with E-state index >= 15 is 0 Å². The summed E-state index contributed by atoms with van der Waals surface area (Å²) in [5, 5.41) is 0.949. The smallest absolute Gasteiger partial charge is 0.260 e. The molecule has 0 saturated carbocycles. The van der Waals surface area contributed by atoms with Crippen molar-refractivity contribution in [1.82, 2.24) is 4.98 Å². The topological polar surface area (TPSA) is 33.2 Å². The molecular formula is C21H19FN2O. The number of amides is 1. The first-order chi connectivity index (χ1) is 12.0. The van der Waals surface area contributed by atoms with Crippen molar-refractivity contribution in [2.75, 3.05) is 11.4 Å². The number of hydrogen-bond acceptors (Lipinski definition) is 2. The molecule has 0 atom stereocenters. The van der Waals surface area contributed by atoms with Gasteiger partial charge in [0.25, 0.3) is 5.91 Å². The van der Waals surface area contributed by atoms with E-state index in [1.54, 1.807) is 11.0 Å². The van der Waals surface area contributed by atoms with Crippen molar-refractivity contribution in [3.8, 4) is 0 Å². The molecule has 1 aromatic heterocycles. The van der Waals surface area contributed by atoms with Crippen LogP contribution < -0.4 is 4.90 Å². The Morgan fingerprint density at radius 1 is 1.12 bits per heavy atom. The molecule has 1 amide bonds. The summed E-state index contributed by atoms with van der Waals surface area (Å²) in [6.45, 7) is 4.47. The van der Waals surface area contributed by atoms with Gasteiger partial charge in [0.1, 0.15) is 5.82 Å². The molecule has 0 unspecified atom stereocenters. The summed E-state index contributed by atoms with van der Waals surface area (Å²) in [6.07, 6.45) is 1.75. The summed E-state index contributed by atoms with van der Waals surface area (Å²) in [5.74, 6) is -0.428. The van der Waals surface area contributed by atoms with Gasteiger partial charge in [-0.1, -0.05) is 17.7 Å². The summed E-state index contributed by atoms with van der Waals surface area (Å²) < 4.78 is 13.7. The zero-order valence-corrected chi connectivity index (χ0v) is 14.3. The van der Waals surface area contributed by atoms with Crippen molar-refractivity contribution in [2.24, 2.45) is 0 Å². The molecular weight excluding hydrogens is 315 g/mol. The number of carbonyl (C=O) groups excluding carboxylic acids is 1. The standard InChI is InChI=1S/C21H19FN2O/c1-13-5-8-19-16(10-13)11-18(14(2)23-19)21(25)24-9-3-4-15-6-7-17(22)12-20(15)24/h5-8,10-12H,3-4,9H2,1-2H3. The van der Waals surface area contributed by atoms with Crippen LogP contribution in [0.3, 0.4) is 0 Å². The van der Waals surface area contributed by atoms with E-state index in [9.17, 15) is 9.18 Å². The number of benzene rings is 2. The van der Waals surface area contributed by atoms with Crippen molar-refractivity contribution in [3.63, 3.8) is 0 Å². The molecule has 2 heterocycles. The van der Waals surface area contributed by atoms with Crippen molar-refractivity contribution in [3.05, 3.63) is 70.7 Å². The lowest BCUT2D eigenvalue weighted by atomic mass is 10.00. The van der Waals surface area contributed by atoms with Gasteiger partial charge in [0.05, 0.1) is 22.5 Å². The molecule has 4 heteroatoms. The van der Waals surface area contributed by atoms with E-state index in [1.807, 2.05) is 38.1 Å². The van der Waals surface area contributed by atoms with E-state index in [1.165, 1.54) is 12.1 Å². The fourth-order valence-electron chi connectivity index (χ4n) is 3.51. The SMILES string of the molecule is Cc1ccc2nc(C)c(C(=O)N3CCCc4ccc(F)cc43)cc2c1. The van der Waals surface area contributed by atoms with Gasteiger partial charge < -0.3 is 4.90 Å². The molecule has 4 rings (SSSR count). The third-order valence-corrected chi connectivity index (χ3v) is 4.80. The zero-order chi connectivity index (χ0) is 17.6. The molecule has 0 spiro atoms. The van der Waals surface area contributed by atoms with Crippen LogP contribution in [0.4, 0.5) is 10.1 Å². The first kappa shape index (κ1) is 15.8. The van der Waals surface area contributed by atoms with Gasteiger partial charge in [-0.05, 0) is 62.6 Å². The van der Waals surface area contributed by atoms with Crippen LogP contribution in [0.5, 0.6) is 0 Å². The van der Waals surface area contributed by atoms with Gasteiger partial charge in [-0.25, -0.2) is 4.39 Å². The lowest BCUT2D eigenvalue weighted by Crippen LogP contribution is -2.36. The Morgan fingerprint density at radius 3 is 2.80 bits per heavy atom. The Bertz CT molecular complexity index is 997. The summed E-state index contributed by atoms with van der Waals surface area (Å²) in [7, 11) is 0. The van der Waals surface area contributed by atoms with Crippen molar-refractivity contribution in [1.29, 1.82) is 0 Å². The molecule has 3 nitrogen and oxygen atoms in total. The van der Waals surface area contributed by atoms with Gasteiger partial charge in [0.2, 0.25) is 0 Å². The minimum atomic E-state index is -0.317. The van der Waals surface area contributed by atoms with E-state index in [0.717, 1.165) is 34.9 Å². The average Bonchev–Trinajstić information content (AvgIpc) is 2.60. The Hall–Kier alpha value is -2.75. The molecule has 0 radical (unpaired) electrons. The number of pyridine rings is 1. The van der Waals surface area contributed by atoms with Crippen LogP contribution in [0.1, 0.15) is 33.6 Å². The molecule has 1 aliphatic rings. The van der Waals surface area contributed by atoms with Crippen LogP contribution in [0.2, 0.25) is 0 Å². The molecule has 1 aliphatic heterocycles. The highest BCUT2D eigenvalue weighted by Crippen LogP contribution is 2.30. The molecule has 3 aromatic rings.